The summed E-state index contributed by atoms with van der Waals surface area (Å²) in [6, 6.07) is 14.1. The van der Waals surface area contributed by atoms with Gasteiger partial charge >= 0.3 is 0 Å². The maximum atomic E-state index is 12.9. The number of amides is 1. The summed E-state index contributed by atoms with van der Waals surface area (Å²) in [5.74, 6) is -0.302. The molecule has 0 aliphatic heterocycles. The second kappa shape index (κ2) is 7.02. The monoisotopic (exact) mass is 285 g/mol. The Hall–Kier alpha value is -2.16. The number of rotatable bonds is 5. The van der Waals surface area contributed by atoms with Crippen LogP contribution in [0.4, 0.5) is 4.39 Å². The molecule has 0 fully saturated rings. The first-order valence-electron chi connectivity index (χ1n) is 7.21. The predicted octanol–water partition coefficient (Wildman–Crippen LogP) is 3.81. The molecule has 0 aliphatic carbocycles. The van der Waals surface area contributed by atoms with Crippen molar-refractivity contribution in [3.8, 4) is 0 Å². The Morgan fingerprint density at radius 2 is 1.62 bits per heavy atom. The third-order valence-electron chi connectivity index (χ3n) is 3.54. The van der Waals surface area contributed by atoms with E-state index in [0.717, 1.165) is 17.5 Å². The van der Waals surface area contributed by atoms with Gasteiger partial charge in [-0.15, -0.1) is 0 Å². The van der Waals surface area contributed by atoms with Gasteiger partial charge in [0.15, 0.2) is 0 Å². The van der Waals surface area contributed by atoms with Gasteiger partial charge in [-0.2, -0.15) is 0 Å². The molecular weight excluding hydrogens is 265 g/mol. The van der Waals surface area contributed by atoms with E-state index >= 15 is 0 Å². The van der Waals surface area contributed by atoms with Gasteiger partial charge in [0, 0.05) is 0 Å². The molecule has 0 saturated heterocycles. The minimum atomic E-state index is -0.270. The van der Waals surface area contributed by atoms with Crippen LogP contribution >= 0.6 is 0 Å². The fraction of sp³-hybridized carbons (Fsp3) is 0.278. The first-order chi connectivity index (χ1) is 10.1. The van der Waals surface area contributed by atoms with E-state index in [1.165, 1.54) is 17.7 Å². The Bertz CT molecular complexity index is 590. The molecule has 2 aromatic carbocycles. The Morgan fingerprint density at radius 3 is 2.19 bits per heavy atom. The quantitative estimate of drug-likeness (QED) is 0.889. The van der Waals surface area contributed by atoms with Crippen molar-refractivity contribution in [3.63, 3.8) is 0 Å². The van der Waals surface area contributed by atoms with Crippen LogP contribution in [0, 0.1) is 5.82 Å². The van der Waals surface area contributed by atoms with Gasteiger partial charge in [0.2, 0.25) is 5.91 Å². The van der Waals surface area contributed by atoms with E-state index in [2.05, 4.69) is 12.2 Å². The van der Waals surface area contributed by atoms with Crippen molar-refractivity contribution >= 4 is 5.91 Å². The lowest BCUT2D eigenvalue weighted by Crippen LogP contribution is -2.28. The van der Waals surface area contributed by atoms with E-state index in [1.54, 1.807) is 12.1 Å². The zero-order valence-electron chi connectivity index (χ0n) is 12.4. The van der Waals surface area contributed by atoms with E-state index < -0.39 is 0 Å². The standard InChI is InChI=1S/C18H20FNO/c1-3-14-4-6-15(7-5-14)12-18(21)20-13(2)16-8-10-17(19)11-9-16/h4-11,13H,3,12H2,1-2H3,(H,20,21)/t13-/m1/s1. The van der Waals surface area contributed by atoms with Gasteiger partial charge in [-0.25, -0.2) is 4.39 Å². The van der Waals surface area contributed by atoms with Crippen molar-refractivity contribution in [2.75, 3.05) is 0 Å². The molecule has 0 heterocycles. The van der Waals surface area contributed by atoms with Gasteiger partial charge in [-0.05, 0) is 42.2 Å². The second-order valence-corrected chi connectivity index (χ2v) is 5.19. The Morgan fingerprint density at radius 1 is 1.05 bits per heavy atom. The zero-order valence-corrected chi connectivity index (χ0v) is 12.4. The highest BCUT2D eigenvalue weighted by Crippen LogP contribution is 2.13. The summed E-state index contributed by atoms with van der Waals surface area (Å²) in [6.07, 6.45) is 1.35. The normalized spacial score (nSPS) is 12.0. The molecule has 0 unspecified atom stereocenters. The molecule has 2 aromatic rings. The van der Waals surface area contributed by atoms with E-state index in [4.69, 9.17) is 0 Å². The number of halogens is 1. The fourth-order valence-corrected chi connectivity index (χ4v) is 2.21. The SMILES string of the molecule is CCc1ccc(CC(=O)N[C@H](C)c2ccc(F)cc2)cc1. The van der Waals surface area contributed by atoms with Crippen molar-refractivity contribution in [3.05, 3.63) is 71.0 Å². The summed E-state index contributed by atoms with van der Waals surface area (Å²) in [4.78, 5) is 12.0. The van der Waals surface area contributed by atoms with E-state index in [0.29, 0.717) is 6.42 Å². The summed E-state index contributed by atoms with van der Waals surface area (Å²) in [5.41, 5.74) is 3.15. The van der Waals surface area contributed by atoms with Crippen LogP contribution in [-0.2, 0) is 17.6 Å². The molecule has 1 atom stereocenters. The van der Waals surface area contributed by atoms with E-state index in [1.807, 2.05) is 31.2 Å². The summed E-state index contributed by atoms with van der Waals surface area (Å²) in [6.45, 7) is 4.00. The number of carbonyl (C=O) groups is 1. The van der Waals surface area contributed by atoms with Gasteiger partial charge < -0.3 is 5.32 Å². The van der Waals surface area contributed by atoms with Gasteiger partial charge in [-0.1, -0.05) is 43.3 Å². The second-order valence-electron chi connectivity index (χ2n) is 5.19. The number of aryl methyl sites for hydroxylation is 1. The molecule has 0 saturated carbocycles. The summed E-state index contributed by atoms with van der Waals surface area (Å²) >= 11 is 0. The predicted molar refractivity (Wildman–Crippen MR) is 82.5 cm³/mol. The average Bonchev–Trinajstić information content (AvgIpc) is 2.48. The van der Waals surface area contributed by atoms with Crippen LogP contribution in [0.1, 0.15) is 36.6 Å². The van der Waals surface area contributed by atoms with Crippen LogP contribution in [-0.4, -0.2) is 5.91 Å². The molecule has 2 rings (SSSR count). The third-order valence-corrected chi connectivity index (χ3v) is 3.54. The molecule has 0 radical (unpaired) electrons. The highest BCUT2D eigenvalue weighted by Gasteiger charge is 2.10. The van der Waals surface area contributed by atoms with Gasteiger partial charge in [0.1, 0.15) is 5.82 Å². The lowest BCUT2D eigenvalue weighted by atomic mass is 10.1. The Balaban J connectivity index is 1.92. The number of hydrogen-bond acceptors (Lipinski definition) is 1. The van der Waals surface area contributed by atoms with E-state index in [9.17, 15) is 9.18 Å². The maximum absolute atomic E-state index is 12.9. The van der Waals surface area contributed by atoms with Crippen molar-refractivity contribution < 1.29 is 9.18 Å². The summed E-state index contributed by atoms with van der Waals surface area (Å²) < 4.78 is 12.9. The largest absolute Gasteiger partial charge is 0.349 e. The number of benzene rings is 2. The first kappa shape index (κ1) is 15.2. The summed E-state index contributed by atoms with van der Waals surface area (Å²) in [7, 11) is 0. The average molecular weight is 285 g/mol. The number of nitrogens with one attached hydrogen (secondary N) is 1. The molecule has 1 amide bonds. The molecule has 0 spiro atoms. The fourth-order valence-electron chi connectivity index (χ4n) is 2.21. The van der Waals surface area contributed by atoms with Crippen LogP contribution in [0.3, 0.4) is 0 Å². The van der Waals surface area contributed by atoms with Crippen molar-refractivity contribution in [2.24, 2.45) is 0 Å². The Kier molecular flexibility index (Phi) is 5.09. The molecule has 0 bridgehead atoms. The van der Waals surface area contributed by atoms with E-state index in [-0.39, 0.29) is 17.8 Å². The van der Waals surface area contributed by atoms with Gasteiger partial charge in [0.25, 0.3) is 0 Å². The maximum Gasteiger partial charge on any atom is 0.224 e. The molecule has 1 N–H and O–H groups in total. The molecule has 2 nitrogen and oxygen atoms in total. The highest BCUT2D eigenvalue weighted by atomic mass is 19.1. The minimum absolute atomic E-state index is 0.0314. The van der Waals surface area contributed by atoms with Crippen LogP contribution in [0.5, 0.6) is 0 Å². The van der Waals surface area contributed by atoms with Crippen LogP contribution in [0.2, 0.25) is 0 Å². The highest BCUT2D eigenvalue weighted by molar-refractivity contribution is 5.79. The zero-order chi connectivity index (χ0) is 15.2. The summed E-state index contributed by atoms with van der Waals surface area (Å²) in [5, 5.41) is 2.93. The van der Waals surface area contributed by atoms with Crippen molar-refractivity contribution in [1.29, 1.82) is 0 Å². The van der Waals surface area contributed by atoms with Crippen molar-refractivity contribution in [2.45, 2.75) is 32.7 Å². The number of carbonyl (C=O) groups excluding carboxylic acids is 1. The van der Waals surface area contributed by atoms with Crippen LogP contribution in [0.15, 0.2) is 48.5 Å². The molecule has 21 heavy (non-hydrogen) atoms. The molecule has 110 valence electrons. The smallest absolute Gasteiger partial charge is 0.224 e. The van der Waals surface area contributed by atoms with Gasteiger partial charge in [-0.3, -0.25) is 4.79 Å². The topological polar surface area (TPSA) is 29.1 Å². The van der Waals surface area contributed by atoms with Crippen LogP contribution < -0.4 is 5.32 Å². The first-order valence-corrected chi connectivity index (χ1v) is 7.21. The Labute approximate surface area is 125 Å². The molecule has 0 aromatic heterocycles. The van der Waals surface area contributed by atoms with Crippen LogP contribution in [0.25, 0.3) is 0 Å². The minimum Gasteiger partial charge on any atom is -0.349 e. The lowest BCUT2D eigenvalue weighted by Gasteiger charge is -2.14. The lowest BCUT2D eigenvalue weighted by molar-refractivity contribution is -0.121. The molecule has 0 aliphatic rings. The molecular formula is C18H20FNO. The molecule has 3 heteroatoms. The van der Waals surface area contributed by atoms with Gasteiger partial charge in [0.05, 0.1) is 12.5 Å². The number of hydrogen-bond donors (Lipinski definition) is 1. The third kappa shape index (κ3) is 4.42. The van der Waals surface area contributed by atoms with Crippen molar-refractivity contribution in [1.82, 2.24) is 5.32 Å².